The molecule has 2 amide bonds. The van der Waals surface area contributed by atoms with Crippen LogP contribution in [0.4, 0.5) is 10.5 Å². The minimum absolute atomic E-state index is 0.167. The van der Waals surface area contributed by atoms with E-state index in [2.05, 4.69) is 45.3 Å². The molecule has 1 aromatic carbocycles. The maximum absolute atomic E-state index is 12.1. The summed E-state index contributed by atoms with van der Waals surface area (Å²) in [5.74, 6) is 0.474. The lowest BCUT2D eigenvalue weighted by Crippen LogP contribution is -2.51. The number of anilines is 1. The van der Waals surface area contributed by atoms with Crippen LogP contribution in [0.5, 0.6) is 0 Å². The van der Waals surface area contributed by atoms with Gasteiger partial charge in [-0.2, -0.15) is 0 Å². The van der Waals surface area contributed by atoms with Crippen LogP contribution in [0.25, 0.3) is 0 Å². The van der Waals surface area contributed by atoms with Gasteiger partial charge in [0.1, 0.15) is 0 Å². The number of aryl methyl sites for hydroxylation is 1. The maximum atomic E-state index is 12.1. The number of nitrogens with one attached hydrogen (secondary N) is 2. The van der Waals surface area contributed by atoms with Gasteiger partial charge in [0.15, 0.2) is 0 Å². The third-order valence-electron chi connectivity index (χ3n) is 4.19. The van der Waals surface area contributed by atoms with Gasteiger partial charge in [-0.25, -0.2) is 4.79 Å². The predicted molar refractivity (Wildman–Crippen MR) is 96.9 cm³/mol. The molecule has 0 radical (unpaired) electrons. The van der Waals surface area contributed by atoms with E-state index in [1.165, 1.54) is 0 Å². The van der Waals surface area contributed by atoms with E-state index in [-0.39, 0.29) is 6.03 Å². The van der Waals surface area contributed by atoms with Crippen LogP contribution in [0, 0.1) is 12.8 Å². The second-order valence-corrected chi connectivity index (χ2v) is 7.11. The van der Waals surface area contributed by atoms with Crippen molar-refractivity contribution in [3.63, 3.8) is 0 Å². The molecule has 1 atom stereocenters. The molecule has 1 aliphatic rings. The number of hydrogen-bond acceptors (Lipinski definition) is 3. The van der Waals surface area contributed by atoms with Gasteiger partial charge in [-0.15, -0.1) is 0 Å². The number of carbonyl (C=O) groups excluding carboxylic acids is 1. The summed E-state index contributed by atoms with van der Waals surface area (Å²) in [5, 5.41) is 5.88. The van der Waals surface area contributed by atoms with Crippen LogP contribution >= 0.6 is 15.9 Å². The van der Waals surface area contributed by atoms with Crippen molar-refractivity contribution in [3.05, 3.63) is 28.2 Å². The first kappa shape index (κ1) is 18.2. The summed E-state index contributed by atoms with van der Waals surface area (Å²) >= 11 is 3.48. The van der Waals surface area contributed by atoms with Gasteiger partial charge in [0.2, 0.25) is 0 Å². The molecule has 0 aromatic heterocycles. The Kier molecular flexibility index (Phi) is 6.87. The lowest BCUT2D eigenvalue weighted by atomic mass is 10.0. The molecule has 1 fully saturated rings. The van der Waals surface area contributed by atoms with E-state index < -0.39 is 0 Å². The van der Waals surface area contributed by atoms with Crippen molar-refractivity contribution < 1.29 is 9.53 Å². The monoisotopic (exact) mass is 383 g/mol. The van der Waals surface area contributed by atoms with Crippen LogP contribution in [-0.2, 0) is 4.74 Å². The van der Waals surface area contributed by atoms with E-state index in [1.54, 1.807) is 0 Å². The van der Waals surface area contributed by atoms with Gasteiger partial charge < -0.3 is 15.4 Å². The van der Waals surface area contributed by atoms with Crippen molar-refractivity contribution in [3.8, 4) is 0 Å². The van der Waals surface area contributed by atoms with E-state index in [9.17, 15) is 4.79 Å². The van der Waals surface area contributed by atoms with Gasteiger partial charge in [0, 0.05) is 35.8 Å². The first-order valence-electron chi connectivity index (χ1n) is 8.10. The quantitative estimate of drug-likeness (QED) is 0.820. The van der Waals surface area contributed by atoms with Crippen LogP contribution in [0.2, 0.25) is 0 Å². The molecule has 0 spiro atoms. The van der Waals surface area contributed by atoms with Gasteiger partial charge in [0.25, 0.3) is 0 Å². The predicted octanol–water partition coefficient (Wildman–Crippen LogP) is 3.24. The SMILES string of the molecule is Cc1ccc(NC(=O)NC[C@H](C(C)C)N2CCOCC2)cc1Br. The smallest absolute Gasteiger partial charge is 0.319 e. The number of nitrogens with zero attached hydrogens (tertiary/aromatic N) is 1. The average molecular weight is 384 g/mol. The van der Waals surface area contributed by atoms with Gasteiger partial charge in [-0.3, -0.25) is 4.90 Å². The standard InChI is InChI=1S/C17H26BrN3O2/c1-12(2)16(21-6-8-23-9-7-21)11-19-17(22)20-14-5-4-13(3)15(18)10-14/h4-5,10,12,16H,6-9,11H2,1-3H3,(H2,19,20,22)/t16-/m1/s1. The number of urea groups is 1. The van der Waals surface area contributed by atoms with Crippen LogP contribution in [0.15, 0.2) is 22.7 Å². The fourth-order valence-corrected chi connectivity index (χ4v) is 3.12. The zero-order valence-electron chi connectivity index (χ0n) is 14.1. The summed E-state index contributed by atoms with van der Waals surface area (Å²) in [4.78, 5) is 14.5. The fourth-order valence-electron chi connectivity index (χ4n) is 2.74. The number of morpholine rings is 1. The number of amides is 2. The highest BCUT2D eigenvalue weighted by molar-refractivity contribution is 9.10. The number of ether oxygens (including phenoxy) is 1. The largest absolute Gasteiger partial charge is 0.379 e. The Hall–Kier alpha value is -1.11. The molecule has 2 rings (SSSR count). The van der Waals surface area contributed by atoms with E-state index in [4.69, 9.17) is 4.74 Å². The average Bonchev–Trinajstić information content (AvgIpc) is 2.52. The Morgan fingerprint density at radius 3 is 2.65 bits per heavy atom. The number of benzene rings is 1. The van der Waals surface area contributed by atoms with Gasteiger partial charge >= 0.3 is 6.03 Å². The van der Waals surface area contributed by atoms with Crippen LogP contribution in [0.3, 0.4) is 0 Å². The van der Waals surface area contributed by atoms with Crippen LogP contribution in [0.1, 0.15) is 19.4 Å². The second-order valence-electron chi connectivity index (χ2n) is 6.26. The molecule has 0 saturated carbocycles. The topological polar surface area (TPSA) is 53.6 Å². The number of halogens is 1. The molecule has 0 bridgehead atoms. The number of carbonyl (C=O) groups is 1. The van der Waals surface area contributed by atoms with Crippen molar-refractivity contribution in [1.29, 1.82) is 0 Å². The summed E-state index contributed by atoms with van der Waals surface area (Å²) in [6.07, 6.45) is 0. The van der Waals surface area contributed by atoms with Crippen molar-refractivity contribution in [2.45, 2.75) is 26.8 Å². The summed E-state index contributed by atoms with van der Waals surface area (Å²) in [5.41, 5.74) is 1.93. The zero-order chi connectivity index (χ0) is 16.8. The summed E-state index contributed by atoms with van der Waals surface area (Å²) < 4.78 is 6.40. The van der Waals surface area contributed by atoms with Crippen molar-refractivity contribution in [1.82, 2.24) is 10.2 Å². The van der Waals surface area contributed by atoms with Crippen molar-refractivity contribution in [2.24, 2.45) is 5.92 Å². The highest BCUT2D eigenvalue weighted by Crippen LogP contribution is 2.20. The summed E-state index contributed by atoms with van der Waals surface area (Å²) in [7, 11) is 0. The van der Waals surface area contributed by atoms with Crippen LogP contribution in [-0.4, -0.2) is 49.8 Å². The minimum Gasteiger partial charge on any atom is -0.379 e. The molecular weight excluding hydrogens is 358 g/mol. The van der Waals surface area contributed by atoms with E-state index in [1.807, 2.05) is 25.1 Å². The van der Waals surface area contributed by atoms with E-state index >= 15 is 0 Å². The Labute approximate surface area is 146 Å². The molecule has 1 saturated heterocycles. The van der Waals surface area contributed by atoms with Gasteiger partial charge in [-0.1, -0.05) is 35.8 Å². The third-order valence-corrected chi connectivity index (χ3v) is 5.04. The molecule has 6 heteroatoms. The summed E-state index contributed by atoms with van der Waals surface area (Å²) in [6.45, 7) is 10.4. The molecular formula is C17H26BrN3O2. The highest BCUT2D eigenvalue weighted by atomic mass is 79.9. The third kappa shape index (κ3) is 5.48. The molecule has 128 valence electrons. The normalized spacial score (nSPS) is 17.1. The lowest BCUT2D eigenvalue weighted by molar-refractivity contribution is 0.00728. The molecule has 23 heavy (non-hydrogen) atoms. The Bertz CT molecular complexity index is 531. The lowest BCUT2D eigenvalue weighted by Gasteiger charge is -2.36. The van der Waals surface area contributed by atoms with E-state index in [0.29, 0.717) is 18.5 Å². The van der Waals surface area contributed by atoms with Crippen molar-refractivity contribution >= 4 is 27.6 Å². The maximum Gasteiger partial charge on any atom is 0.319 e. The Balaban J connectivity index is 1.86. The number of rotatable bonds is 5. The molecule has 5 nitrogen and oxygen atoms in total. The first-order valence-corrected chi connectivity index (χ1v) is 8.89. The van der Waals surface area contributed by atoms with E-state index in [0.717, 1.165) is 42.0 Å². The zero-order valence-corrected chi connectivity index (χ0v) is 15.6. The Morgan fingerprint density at radius 1 is 1.35 bits per heavy atom. The fraction of sp³-hybridized carbons (Fsp3) is 0.588. The van der Waals surface area contributed by atoms with Gasteiger partial charge in [0.05, 0.1) is 13.2 Å². The summed E-state index contributed by atoms with van der Waals surface area (Å²) in [6, 6.07) is 5.96. The molecule has 0 unspecified atom stereocenters. The molecule has 1 heterocycles. The molecule has 1 aromatic rings. The second kappa shape index (κ2) is 8.66. The number of hydrogen-bond donors (Lipinski definition) is 2. The highest BCUT2D eigenvalue weighted by Gasteiger charge is 2.24. The van der Waals surface area contributed by atoms with Gasteiger partial charge in [-0.05, 0) is 30.5 Å². The van der Waals surface area contributed by atoms with Crippen molar-refractivity contribution in [2.75, 3.05) is 38.2 Å². The molecule has 2 N–H and O–H groups in total. The Morgan fingerprint density at radius 2 is 2.04 bits per heavy atom. The molecule has 1 aliphatic heterocycles. The first-order chi connectivity index (χ1) is 11.0. The van der Waals surface area contributed by atoms with Crippen LogP contribution < -0.4 is 10.6 Å². The minimum atomic E-state index is -0.167. The molecule has 0 aliphatic carbocycles.